The molecule has 1 aliphatic rings. The van der Waals surface area contributed by atoms with E-state index in [4.69, 9.17) is 4.74 Å². The number of nitrogens with zero attached hydrogens (tertiary/aromatic N) is 5. The van der Waals surface area contributed by atoms with Crippen molar-refractivity contribution in [2.24, 2.45) is 0 Å². The number of ether oxygens (including phenoxy) is 1. The van der Waals surface area contributed by atoms with E-state index in [2.05, 4.69) is 15.3 Å². The fourth-order valence-electron chi connectivity index (χ4n) is 3.48. The van der Waals surface area contributed by atoms with E-state index in [9.17, 15) is 19.4 Å². The molecular weight excluding hydrogens is 405 g/mol. The Morgan fingerprint density at radius 1 is 1.29 bits per heavy atom. The average molecular weight is 427 g/mol. The quantitative estimate of drug-likeness (QED) is 0.595. The predicted molar refractivity (Wildman–Crippen MR) is 109 cm³/mol. The van der Waals surface area contributed by atoms with Crippen molar-refractivity contribution >= 4 is 11.8 Å². The Kier molecular flexibility index (Phi) is 5.92. The van der Waals surface area contributed by atoms with E-state index < -0.39 is 30.2 Å². The van der Waals surface area contributed by atoms with E-state index in [0.29, 0.717) is 29.1 Å². The van der Waals surface area contributed by atoms with Gasteiger partial charge >= 0.3 is 6.09 Å². The standard InChI is InChI=1S/C21H22FN5O4/c1-13(28)8-20(29)19-5-2-14(10-23-19)17-4-3-15(9-18(17)22)27-12-16(31-21(27)30)11-26-7-6-24-25-26/h2-7,9-10,13,16,20,28-29H,8,11-12H2,1H3/t13?,16-,20?/m0/s1. The molecule has 10 heteroatoms. The molecule has 0 radical (unpaired) electrons. The molecule has 3 atom stereocenters. The molecule has 0 spiro atoms. The van der Waals surface area contributed by atoms with Gasteiger partial charge in [-0.25, -0.2) is 13.9 Å². The second-order valence-corrected chi connectivity index (χ2v) is 7.48. The van der Waals surface area contributed by atoms with Crippen LogP contribution in [0.2, 0.25) is 0 Å². The average Bonchev–Trinajstić information content (AvgIpc) is 3.37. The number of halogens is 1. The molecule has 4 rings (SSSR count). The molecule has 31 heavy (non-hydrogen) atoms. The molecule has 0 aliphatic carbocycles. The normalized spacial score (nSPS) is 18.1. The van der Waals surface area contributed by atoms with Crippen molar-refractivity contribution < 1.29 is 24.1 Å². The number of aliphatic hydroxyl groups excluding tert-OH is 2. The molecule has 2 N–H and O–H groups in total. The van der Waals surface area contributed by atoms with Gasteiger partial charge in [0, 0.05) is 29.9 Å². The summed E-state index contributed by atoms with van der Waals surface area (Å²) in [7, 11) is 0. The molecule has 1 fully saturated rings. The van der Waals surface area contributed by atoms with Gasteiger partial charge in [-0.1, -0.05) is 11.3 Å². The van der Waals surface area contributed by atoms with E-state index in [-0.39, 0.29) is 13.0 Å². The van der Waals surface area contributed by atoms with Crippen LogP contribution in [-0.2, 0) is 11.3 Å². The molecule has 1 aromatic carbocycles. The maximum absolute atomic E-state index is 14.8. The second kappa shape index (κ2) is 8.78. The van der Waals surface area contributed by atoms with Crippen molar-refractivity contribution in [3.63, 3.8) is 0 Å². The van der Waals surface area contributed by atoms with E-state index >= 15 is 0 Å². The van der Waals surface area contributed by atoms with Crippen molar-refractivity contribution in [3.8, 4) is 11.1 Å². The summed E-state index contributed by atoms with van der Waals surface area (Å²) in [5.74, 6) is -0.510. The summed E-state index contributed by atoms with van der Waals surface area (Å²) >= 11 is 0. The molecular formula is C21H22FN5O4. The van der Waals surface area contributed by atoms with Crippen molar-refractivity contribution in [2.75, 3.05) is 11.4 Å². The number of pyridine rings is 1. The highest BCUT2D eigenvalue weighted by Crippen LogP contribution is 2.29. The third kappa shape index (κ3) is 4.70. The zero-order valence-corrected chi connectivity index (χ0v) is 16.8. The van der Waals surface area contributed by atoms with Crippen LogP contribution in [0.4, 0.5) is 14.9 Å². The highest BCUT2D eigenvalue weighted by atomic mass is 19.1. The molecule has 1 aliphatic heterocycles. The molecule has 0 saturated carbocycles. The monoisotopic (exact) mass is 427 g/mol. The number of amides is 1. The van der Waals surface area contributed by atoms with Gasteiger partial charge in [-0.15, -0.1) is 5.10 Å². The van der Waals surface area contributed by atoms with Crippen LogP contribution in [0.15, 0.2) is 48.9 Å². The van der Waals surface area contributed by atoms with Crippen LogP contribution in [0.1, 0.15) is 25.1 Å². The Morgan fingerprint density at radius 2 is 2.13 bits per heavy atom. The lowest BCUT2D eigenvalue weighted by atomic mass is 10.0. The van der Waals surface area contributed by atoms with Gasteiger partial charge in [-0.3, -0.25) is 9.88 Å². The topological polar surface area (TPSA) is 114 Å². The minimum absolute atomic E-state index is 0.166. The van der Waals surface area contributed by atoms with Crippen molar-refractivity contribution in [2.45, 2.75) is 38.2 Å². The Labute approximate surface area is 177 Å². The Bertz CT molecular complexity index is 1040. The number of carbonyl (C=O) groups is 1. The fourth-order valence-corrected chi connectivity index (χ4v) is 3.48. The van der Waals surface area contributed by atoms with Gasteiger partial charge in [-0.2, -0.15) is 0 Å². The van der Waals surface area contributed by atoms with Crippen LogP contribution in [0.25, 0.3) is 11.1 Å². The molecule has 162 valence electrons. The molecule has 1 amide bonds. The molecule has 2 unspecified atom stereocenters. The van der Waals surface area contributed by atoms with Crippen molar-refractivity contribution in [1.29, 1.82) is 0 Å². The van der Waals surface area contributed by atoms with Crippen LogP contribution in [0, 0.1) is 5.82 Å². The van der Waals surface area contributed by atoms with Gasteiger partial charge in [-0.05, 0) is 31.2 Å². The first-order chi connectivity index (χ1) is 14.9. The summed E-state index contributed by atoms with van der Waals surface area (Å²) < 4.78 is 21.8. The summed E-state index contributed by atoms with van der Waals surface area (Å²) in [5.41, 5.74) is 1.65. The smallest absolute Gasteiger partial charge is 0.414 e. The lowest BCUT2D eigenvalue weighted by Crippen LogP contribution is -2.26. The number of benzene rings is 1. The molecule has 0 bridgehead atoms. The summed E-state index contributed by atoms with van der Waals surface area (Å²) in [5, 5.41) is 27.0. The Hall–Kier alpha value is -3.37. The highest BCUT2D eigenvalue weighted by Gasteiger charge is 2.33. The SMILES string of the molecule is CC(O)CC(O)c1ccc(-c2ccc(N3C[C@H](Cn4ccnn4)OC3=O)cc2F)cn1. The van der Waals surface area contributed by atoms with Gasteiger partial charge in [0.25, 0.3) is 0 Å². The van der Waals surface area contributed by atoms with Crippen LogP contribution < -0.4 is 4.90 Å². The number of hydrogen-bond acceptors (Lipinski definition) is 7. The molecule has 2 aromatic heterocycles. The molecule has 3 aromatic rings. The zero-order chi connectivity index (χ0) is 22.0. The third-order valence-corrected chi connectivity index (χ3v) is 5.00. The minimum atomic E-state index is -0.895. The fraction of sp³-hybridized carbons (Fsp3) is 0.333. The first-order valence-corrected chi connectivity index (χ1v) is 9.85. The first-order valence-electron chi connectivity index (χ1n) is 9.85. The number of aromatic nitrogens is 4. The Balaban J connectivity index is 1.47. The maximum atomic E-state index is 14.8. The predicted octanol–water partition coefficient (Wildman–Crippen LogP) is 2.31. The number of cyclic esters (lactones) is 1. The number of hydrogen-bond donors (Lipinski definition) is 2. The minimum Gasteiger partial charge on any atom is -0.442 e. The molecule has 3 heterocycles. The van der Waals surface area contributed by atoms with Crippen molar-refractivity contribution in [3.05, 3.63) is 60.4 Å². The summed E-state index contributed by atoms with van der Waals surface area (Å²) in [6.07, 6.45) is 2.33. The Morgan fingerprint density at radius 3 is 2.77 bits per heavy atom. The summed E-state index contributed by atoms with van der Waals surface area (Å²) in [6.45, 7) is 2.22. The van der Waals surface area contributed by atoms with Crippen molar-refractivity contribution in [1.82, 2.24) is 20.0 Å². The van der Waals surface area contributed by atoms with Gasteiger partial charge in [0.05, 0.1) is 42.9 Å². The van der Waals surface area contributed by atoms with Gasteiger partial charge in [0.2, 0.25) is 0 Å². The third-order valence-electron chi connectivity index (χ3n) is 5.00. The number of carbonyl (C=O) groups excluding carboxylic acids is 1. The molecule has 1 saturated heterocycles. The highest BCUT2D eigenvalue weighted by molar-refractivity contribution is 5.90. The summed E-state index contributed by atoms with van der Waals surface area (Å²) in [4.78, 5) is 17.8. The zero-order valence-electron chi connectivity index (χ0n) is 16.8. The second-order valence-electron chi connectivity index (χ2n) is 7.48. The van der Waals surface area contributed by atoms with Gasteiger partial charge in [0.1, 0.15) is 11.9 Å². The number of anilines is 1. The van der Waals surface area contributed by atoms with E-state index in [1.807, 2.05) is 0 Å². The van der Waals surface area contributed by atoms with Crippen LogP contribution in [0.5, 0.6) is 0 Å². The number of aliphatic hydroxyl groups is 2. The largest absolute Gasteiger partial charge is 0.442 e. The van der Waals surface area contributed by atoms with E-state index in [1.165, 1.54) is 23.4 Å². The van der Waals surface area contributed by atoms with E-state index in [1.54, 1.807) is 42.1 Å². The van der Waals surface area contributed by atoms with Crippen LogP contribution >= 0.6 is 0 Å². The van der Waals surface area contributed by atoms with E-state index in [0.717, 1.165) is 0 Å². The lowest BCUT2D eigenvalue weighted by molar-refractivity contribution is 0.0881. The van der Waals surface area contributed by atoms with Gasteiger partial charge < -0.3 is 14.9 Å². The maximum Gasteiger partial charge on any atom is 0.414 e. The summed E-state index contributed by atoms with van der Waals surface area (Å²) in [6, 6.07) is 7.76. The lowest BCUT2D eigenvalue weighted by Gasteiger charge is -2.15. The number of rotatable bonds is 7. The molecule has 9 nitrogen and oxygen atoms in total. The first kappa shape index (κ1) is 20.9. The van der Waals surface area contributed by atoms with Crippen LogP contribution in [-0.4, -0.2) is 55.0 Å². The van der Waals surface area contributed by atoms with Gasteiger partial charge in [0.15, 0.2) is 0 Å². The van der Waals surface area contributed by atoms with Crippen LogP contribution in [0.3, 0.4) is 0 Å².